The average Bonchev–Trinajstić information content (AvgIpc) is 3.15. The van der Waals surface area contributed by atoms with Crippen LogP contribution >= 0.6 is 10.9 Å². The summed E-state index contributed by atoms with van der Waals surface area (Å²) in [5.74, 6) is 0.468. The summed E-state index contributed by atoms with van der Waals surface area (Å²) < 4.78 is 11.8. The summed E-state index contributed by atoms with van der Waals surface area (Å²) in [6, 6.07) is 21.3. The van der Waals surface area contributed by atoms with Crippen molar-refractivity contribution in [2.75, 3.05) is 6.61 Å². The predicted octanol–water partition coefficient (Wildman–Crippen LogP) is 7.10. The Kier molecular flexibility index (Phi) is 6.03. The SMILES string of the molecule is CC1=C[SH](c2cc(C)c(OCC(=O)OC3CCCc4ccccc43)c(C)c2)c2ccccc21. The van der Waals surface area contributed by atoms with Gasteiger partial charge in [0.2, 0.25) is 0 Å². The van der Waals surface area contributed by atoms with Crippen LogP contribution in [0.25, 0.3) is 5.57 Å². The van der Waals surface area contributed by atoms with Crippen LogP contribution in [0.5, 0.6) is 5.75 Å². The molecule has 1 aliphatic carbocycles. The highest BCUT2D eigenvalue weighted by molar-refractivity contribution is 8.20. The quantitative estimate of drug-likeness (QED) is 0.327. The number of carbonyl (C=O) groups is 1. The number of rotatable bonds is 5. The Bertz CT molecular complexity index is 1220. The van der Waals surface area contributed by atoms with Gasteiger partial charge in [0.15, 0.2) is 6.61 Å². The summed E-state index contributed by atoms with van der Waals surface area (Å²) in [5, 5.41) is 2.40. The maximum atomic E-state index is 12.6. The van der Waals surface area contributed by atoms with Crippen molar-refractivity contribution in [1.82, 2.24) is 0 Å². The van der Waals surface area contributed by atoms with Crippen molar-refractivity contribution >= 4 is 22.4 Å². The maximum absolute atomic E-state index is 12.6. The fourth-order valence-corrected chi connectivity index (χ4v) is 7.53. The van der Waals surface area contributed by atoms with Crippen LogP contribution in [0.3, 0.4) is 0 Å². The molecule has 3 nitrogen and oxygen atoms in total. The lowest BCUT2D eigenvalue weighted by Gasteiger charge is -2.25. The van der Waals surface area contributed by atoms with Gasteiger partial charge in [0, 0.05) is 4.90 Å². The first-order valence-electron chi connectivity index (χ1n) is 11.6. The van der Waals surface area contributed by atoms with Crippen molar-refractivity contribution in [2.24, 2.45) is 0 Å². The molecule has 2 aliphatic rings. The predicted molar refractivity (Wildman–Crippen MR) is 135 cm³/mol. The zero-order valence-electron chi connectivity index (χ0n) is 19.4. The average molecular weight is 459 g/mol. The first kappa shape index (κ1) is 21.8. The number of carbonyl (C=O) groups excluding carboxylic acids is 1. The number of benzene rings is 3. The van der Waals surface area contributed by atoms with E-state index >= 15 is 0 Å². The Balaban J connectivity index is 1.28. The standard InChI is InChI=1S/C29H30O3S/c1-19-15-23(33-18-21(3)24-11-6-7-14-27(24)33)16-20(2)29(19)31-17-28(30)32-26-13-8-10-22-9-4-5-12-25(22)26/h4-7,9,11-12,14-16,18,26,33H,8,10,13,17H2,1-3H3. The summed E-state index contributed by atoms with van der Waals surface area (Å²) in [5.41, 5.74) is 7.23. The van der Waals surface area contributed by atoms with Gasteiger partial charge in [0.1, 0.15) is 11.9 Å². The second-order valence-corrected chi connectivity index (χ2v) is 11.0. The number of ether oxygens (including phenoxy) is 2. The summed E-state index contributed by atoms with van der Waals surface area (Å²) in [6.45, 7) is 6.23. The van der Waals surface area contributed by atoms with E-state index in [1.54, 1.807) is 0 Å². The highest BCUT2D eigenvalue weighted by atomic mass is 32.2. The van der Waals surface area contributed by atoms with Gasteiger partial charge in [-0.3, -0.25) is 0 Å². The maximum Gasteiger partial charge on any atom is 0.344 e. The molecule has 0 bridgehead atoms. The van der Waals surface area contributed by atoms with E-state index in [1.165, 1.54) is 26.5 Å². The van der Waals surface area contributed by atoms with Crippen LogP contribution in [-0.4, -0.2) is 12.6 Å². The van der Waals surface area contributed by atoms with Crippen LogP contribution in [0.2, 0.25) is 0 Å². The van der Waals surface area contributed by atoms with Crippen molar-refractivity contribution in [3.63, 3.8) is 0 Å². The fourth-order valence-electron chi connectivity index (χ4n) is 5.01. The number of hydrogen-bond acceptors (Lipinski definition) is 3. The topological polar surface area (TPSA) is 35.5 Å². The Morgan fingerprint density at radius 3 is 2.55 bits per heavy atom. The Labute approximate surface area is 198 Å². The molecule has 4 heteroatoms. The molecule has 3 aromatic rings. The second kappa shape index (κ2) is 9.11. The molecule has 5 rings (SSSR count). The smallest absolute Gasteiger partial charge is 0.344 e. The summed E-state index contributed by atoms with van der Waals surface area (Å²) >= 11 is 0. The van der Waals surface area contributed by atoms with Crippen molar-refractivity contribution in [3.8, 4) is 5.75 Å². The number of thiol groups is 1. The molecule has 0 aromatic heterocycles. The van der Waals surface area contributed by atoms with E-state index in [1.807, 2.05) is 12.1 Å². The third-order valence-corrected chi connectivity index (χ3v) is 8.93. The van der Waals surface area contributed by atoms with Crippen LogP contribution in [0, 0.1) is 13.8 Å². The Morgan fingerprint density at radius 1 is 1.00 bits per heavy atom. The van der Waals surface area contributed by atoms with E-state index in [0.717, 1.165) is 41.7 Å². The summed E-state index contributed by atoms with van der Waals surface area (Å²) in [4.78, 5) is 15.3. The number of fused-ring (bicyclic) bond motifs is 2. The van der Waals surface area contributed by atoms with Gasteiger partial charge >= 0.3 is 5.97 Å². The van der Waals surface area contributed by atoms with E-state index in [4.69, 9.17) is 9.47 Å². The van der Waals surface area contributed by atoms with E-state index in [9.17, 15) is 4.79 Å². The molecule has 0 saturated carbocycles. The monoisotopic (exact) mass is 458 g/mol. The van der Waals surface area contributed by atoms with Crippen LogP contribution in [-0.2, 0) is 16.0 Å². The van der Waals surface area contributed by atoms with Gasteiger partial charge in [-0.25, -0.2) is 4.79 Å². The molecule has 2 atom stereocenters. The van der Waals surface area contributed by atoms with E-state index in [0.29, 0.717) is 0 Å². The Morgan fingerprint density at radius 2 is 1.73 bits per heavy atom. The molecule has 0 fully saturated rings. The highest BCUT2D eigenvalue weighted by Gasteiger charge is 2.24. The molecule has 170 valence electrons. The van der Waals surface area contributed by atoms with E-state index < -0.39 is 10.9 Å². The van der Waals surface area contributed by atoms with Crippen LogP contribution in [0.4, 0.5) is 0 Å². The molecular formula is C29H30O3S. The lowest BCUT2D eigenvalue weighted by atomic mass is 9.89. The van der Waals surface area contributed by atoms with Crippen molar-refractivity contribution in [2.45, 2.75) is 55.9 Å². The van der Waals surface area contributed by atoms with Gasteiger partial charge < -0.3 is 9.47 Å². The van der Waals surface area contributed by atoms with E-state index in [-0.39, 0.29) is 18.7 Å². The third-order valence-electron chi connectivity index (χ3n) is 6.56. The lowest BCUT2D eigenvalue weighted by Crippen LogP contribution is -2.21. The lowest BCUT2D eigenvalue weighted by molar-refractivity contribution is -0.152. The normalized spacial score (nSPS) is 19.9. The molecule has 0 radical (unpaired) electrons. The molecule has 0 spiro atoms. The van der Waals surface area contributed by atoms with Crippen molar-refractivity contribution in [3.05, 3.63) is 93.9 Å². The van der Waals surface area contributed by atoms with Crippen molar-refractivity contribution < 1.29 is 14.3 Å². The minimum atomic E-state index is -0.508. The van der Waals surface area contributed by atoms with Crippen LogP contribution in [0.1, 0.15) is 53.7 Å². The van der Waals surface area contributed by atoms with Gasteiger partial charge in [-0.05, 0) is 102 Å². The number of hydrogen-bond donors (Lipinski definition) is 1. The first-order valence-corrected chi connectivity index (χ1v) is 13.0. The fraction of sp³-hybridized carbons (Fsp3) is 0.276. The molecule has 0 saturated heterocycles. The summed E-state index contributed by atoms with van der Waals surface area (Å²) in [6.07, 6.45) is 2.78. The molecule has 2 unspecified atom stereocenters. The van der Waals surface area contributed by atoms with Crippen molar-refractivity contribution in [1.29, 1.82) is 0 Å². The molecule has 1 aliphatic heterocycles. The molecular weight excluding hydrogens is 428 g/mol. The number of aryl methyl sites for hydroxylation is 3. The van der Waals surface area contributed by atoms with Gasteiger partial charge in [-0.1, -0.05) is 42.5 Å². The zero-order chi connectivity index (χ0) is 22.9. The molecule has 0 N–H and O–H groups in total. The van der Waals surface area contributed by atoms with Gasteiger partial charge in [0.25, 0.3) is 0 Å². The largest absolute Gasteiger partial charge is 0.481 e. The zero-order valence-corrected chi connectivity index (χ0v) is 20.3. The van der Waals surface area contributed by atoms with Gasteiger partial charge in [-0.15, -0.1) is 0 Å². The molecule has 0 amide bonds. The van der Waals surface area contributed by atoms with E-state index in [2.05, 4.69) is 74.7 Å². The summed E-state index contributed by atoms with van der Waals surface area (Å²) in [7, 11) is -0.508. The first-order chi connectivity index (χ1) is 16.0. The number of esters is 1. The van der Waals surface area contributed by atoms with Gasteiger partial charge in [0.05, 0.1) is 0 Å². The minimum Gasteiger partial charge on any atom is -0.481 e. The van der Waals surface area contributed by atoms with Crippen LogP contribution < -0.4 is 4.74 Å². The van der Waals surface area contributed by atoms with Gasteiger partial charge in [-0.2, -0.15) is 10.9 Å². The second-order valence-electron chi connectivity index (χ2n) is 8.97. The minimum absolute atomic E-state index is 0.0731. The number of allylic oxidation sites excluding steroid dienone is 1. The third kappa shape index (κ3) is 4.32. The molecule has 33 heavy (non-hydrogen) atoms. The molecule has 1 heterocycles. The molecule has 3 aromatic carbocycles. The van der Waals surface area contributed by atoms with Crippen LogP contribution in [0.15, 0.2) is 75.9 Å². The Hall–Kier alpha value is -2.98. The highest BCUT2D eigenvalue weighted by Crippen LogP contribution is 2.55.